The molecule has 1 rings (SSSR count). The number of hydrogen-bond donors (Lipinski definition) is 1. The molecule has 0 heterocycles. The van der Waals surface area contributed by atoms with E-state index in [4.69, 9.17) is 16.3 Å². The molecule has 4 heteroatoms. The first kappa shape index (κ1) is 16.5. The van der Waals surface area contributed by atoms with Crippen LogP contribution in [0.3, 0.4) is 0 Å². The number of halogens is 2. The summed E-state index contributed by atoms with van der Waals surface area (Å²) in [6.07, 6.45) is 0. The largest absolute Gasteiger partial charge is 0.489 e. The SMILES string of the molecule is C/C(=C/Cl)COc1ccc(Br)c(CNC(C)(C)C)c1. The Kier molecular flexibility index (Phi) is 6.37. The van der Waals surface area contributed by atoms with Crippen molar-refractivity contribution in [3.63, 3.8) is 0 Å². The molecule has 1 N–H and O–H groups in total. The van der Waals surface area contributed by atoms with Gasteiger partial charge in [-0.1, -0.05) is 27.5 Å². The topological polar surface area (TPSA) is 21.3 Å². The third kappa shape index (κ3) is 6.46. The summed E-state index contributed by atoms with van der Waals surface area (Å²) in [5.74, 6) is 0.853. The number of rotatable bonds is 5. The molecule has 2 nitrogen and oxygen atoms in total. The van der Waals surface area contributed by atoms with Crippen LogP contribution in [-0.2, 0) is 6.54 Å². The summed E-state index contributed by atoms with van der Waals surface area (Å²) in [4.78, 5) is 0. The molecule has 0 saturated carbocycles. The summed E-state index contributed by atoms with van der Waals surface area (Å²) in [5, 5.41) is 3.46. The van der Waals surface area contributed by atoms with Crippen molar-refractivity contribution in [2.75, 3.05) is 6.61 Å². The summed E-state index contributed by atoms with van der Waals surface area (Å²) >= 11 is 9.18. The predicted molar refractivity (Wildman–Crippen MR) is 85.8 cm³/mol. The second-order valence-corrected chi connectivity index (χ2v) is 6.67. The highest BCUT2D eigenvalue weighted by Crippen LogP contribution is 2.23. The van der Waals surface area contributed by atoms with Crippen LogP contribution in [-0.4, -0.2) is 12.1 Å². The van der Waals surface area contributed by atoms with Crippen molar-refractivity contribution in [1.29, 1.82) is 0 Å². The third-order valence-corrected chi connectivity index (χ3v) is 3.63. The van der Waals surface area contributed by atoms with Gasteiger partial charge in [-0.25, -0.2) is 0 Å². The molecule has 0 saturated heterocycles. The van der Waals surface area contributed by atoms with Crippen molar-refractivity contribution >= 4 is 27.5 Å². The first-order chi connectivity index (χ1) is 8.81. The smallest absolute Gasteiger partial charge is 0.120 e. The predicted octanol–water partition coefficient (Wildman–Crippen LogP) is 4.86. The van der Waals surface area contributed by atoms with E-state index < -0.39 is 0 Å². The van der Waals surface area contributed by atoms with Gasteiger partial charge >= 0.3 is 0 Å². The standard InChI is InChI=1S/C15H21BrClNO/c1-11(8-17)10-19-13-5-6-14(16)12(7-13)9-18-15(2,3)4/h5-8,18H,9-10H2,1-4H3/b11-8-. The Bertz CT molecular complexity index is 452. The number of ether oxygens (including phenoxy) is 1. The minimum absolute atomic E-state index is 0.0915. The van der Waals surface area contributed by atoms with Gasteiger partial charge < -0.3 is 10.1 Å². The molecular formula is C15H21BrClNO. The Morgan fingerprint density at radius 2 is 2.11 bits per heavy atom. The molecule has 0 aliphatic rings. The van der Waals surface area contributed by atoms with Gasteiger partial charge in [-0.3, -0.25) is 0 Å². The molecule has 1 aromatic carbocycles. The molecular weight excluding hydrogens is 326 g/mol. The second-order valence-electron chi connectivity index (χ2n) is 5.60. The highest BCUT2D eigenvalue weighted by atomic mass is 79.9. The molecule has 0 amide bonds. The van der Waals surface area contributed by atoms with Gasteiger partial charge in [0.25, 0.3) is 0 Å². The van der Waals surface area contributed by atoms with Crippen molar-refractivity contribution in [2.24, 2.45) is 0 Å². The molecule has 0 aliphatic carbocycles. The first-order valence-electron chi connectivity index (χ1n) is 6.24. The Balaban J connectivity index is 2.71. The van der Waals surface area contributed by atoms with Gasteiger partial charge in [0.2, 0.25) is 0 Å². The van der Waals surface area contributed by atoms with Gasteiger partial charge in [0.05, 0.1) is 0 Å². The third-order valence-electron chi connectivity index (χ3n) is 2.48. The van der Waals surface area contributed by atoms with E-state index >= 15 is 0 Å². The van der Waals surface area contributed by atoms with Crippen molar-refractivity contribution < 1.29 is 4.74 Å². The highest BCUT2D eigenvalue weighted by Gasteiger charge is 2.10. The van der Waals surface area contributed by atoms with Crippen LogP contribution < -0.4 is 10.1 Å². The van der Waals surface area contributed by atoms with Gasteiger partial charge in [0.1, 0.15) is 12.4 Å². The normalized spacial score (nSPS) is 12.6. The Morgan fingerprint density at radius 1 is 1.42 bits per heavy atom. The number of nitrogens with one attached hydrogen (secondary N) is 1. The maximum absolute atomic E-state index is 5.68. The van der Waals surface area contributed by atoms with Crippen LogP contribution in [0.2, 0.25) is 0 Å². The van der Waals surface area contributed by atoms with E-state index in [-0.39, 0.29) is 5.54 Å². The zero-order valence-corrected chi connectivity index (χ0v) is 14.2. The fourth-order valence-corrected chi connectivity index (χ4v) is 1.82. The van der Waals surface area contributed by atoms with Gasteiger partial charge in [-0.05, 0) is 57.0 Å². The summed E-state index contributed by atoms with van der Waals surface area (Å²) in [7, 11) is 0. The molecule has 0 aliphatic heterocycles. The molecule has 106 valence electrons. The monoisotopic (exact) mass is 345 g/mol. The zero-order chi connectivity index (χ0) is 14.5. The van der Waals surface area contributed by atoms with E-state index in [9.17, 15) is 0 Å². The van der Waals surface area contributed by atoms with E-state index in [0.29, 0.717) is 6.61 Å². The number of benzene rings is 1. The maximum atomic E-state index is 5.68. The Labute approximate surface area is 129 Å². The summed E-state index contributed by atoms with van der Waals surface area (Å²) in [6, 6.07) is 6.01. The molecule has 0 atom stereocenters. The van der Waals surface area contributed by atoms with Crippen LogP contribution in [0.5, 0.6) is 5.75 Å². The number of hydrogen-bond acceptors (Lipinski definition) is 2. The quantitative estimate of drug-likeness (QED) is 0.822. The molecule has 0 spiro atoms. The zero-order valence-electron chi connectivity index (χ0n) is 11.9. The Hall–Kier alpha value is -0.510. The highest BCUT2D eigenvalue weighted by molar-refractivity contribution is 9.10. The van der Waals surface area contributed by atoms with Gasteiger partial charge in [0.15, 0.2) is 0 Å². The lowest BCUT2D eigenvalue weighted by atomic mass is 10.1. The molecule has 1 aromatic rings. The average molecular weight is 347 g/mol. The van der Waals surface area contributed by atoms with Gasteiger partial charge in [-0.15, -0.1) is 0 Å². The summed E-state index contributed by atoms with van der Waals surface area (Å²) < 4.78 is 6.77. The van der Waals surface area contributed by atoms with Crippen LogP contribution in [0, 0.1) is 0 Å². The lowest BCUT2D eigenvalue weighted by Gasteiger charge is -2.21. The molecule has 0 bridgehead atoms. The summed E-state index contributed by atoms with van der Waals surface area (Å²) in [6.45, 7) is 9.69. The Morgan fingerprint density at radius 3 is 2.68 bits per heavy atom. The minimum atomic E-state index is 0.0915. The van der Waals surface area contributed by atoms with Crippen LogP contribution in [0.4, 0.5) is 0 Å². The van der Waals surface area contributed by atoms with Crippen LogP contribution in [0.25, 0.3) is 0 Å². The molecule has 0 unspecified atom stereocenters. The molecule has 0 fully saturated rings. The van der Waals surface area contributed by atoms with E-state index in [0.717, 1.165) is 22.3 Å². The molecule has 19 heavy (non-hydrogen) atoms. The van der Waals surface area contributed by atoms with E-state index in [2.05, 4.69) is 42.0 Å². The van der Waals surface area contributed by atoms with Crippen LogP contribution in [0.1, 0.15) is 33.3 Å². The lowest BCUT2D eigenvalue weighted by molar-refractivity contribution is 0.351. The maximum Gasteiger partial charge on any atom is 0.120 e. The average Bonchev–Trinajstić information content (AvgIpc) is 2.34. The van der Waals surface area contributed by atoms with Crippen molar-refractivity contribution in [3.05, 3.63) is 39.3 Å². The fraction of sp³-hybridized carbons (Fsp3) is 0.467. The second kappa shape index (κ2) is 7.32. The molecule has 0 radical (unpaired) electrons. The van der Waals surface area contributed by atoms with Gasteiger partial charge in [-0.2, -0.15) is 0 Å². The first-order valence-corrected chi connectivity index (χ1v) is 7.47. The van der Waals surface area contributed by atoms with Crippen molar-refractivity contribution in [2.45, 2.75) is 39.8 Å². The fourth-order valence-electron chi connectivity index (χ4n) is 1.37. The van der Waals surface area contributed by atoms with E-state index in [1.807, 2.05) is 25.1 Å². The van der Waals surface area contributed by atoms with E-state index in [1.54, 1.807) is 5.54 Å². The van der Waals surface area contributed by atoms with Crippen LogP contribution in [0.15, 0.2) is 33.8 Å². The molecule has 0 aromatic heterocycles. The summed E-state index contributed by atoms with van der Waals surface area (Å²) in [5.41, 5.74) is 3.81. The van der Waals surface area contributed by atoms with Crippen molar-refractivity contribution in [1.82, 2.24) is 5.32 Å². The van der Waals surface area contributed by atoms with E-state index in [1.165, 1.54) is 5.56 Å². The lowest BCUT2D eigenvalue weighted by Crippen LogP contribution is -2.35. The minimum Gasteiger partial charge on any atom is -0.489 e. The van der Waals surface area contributed by atoms with Gasteiger partial charge in [0, 0.05) is 22.1 Å². The van der Waals surface area contributed by atoms with Crippen molar-refractivity contribution in [3.8, 4) is 5.75 Å². The van der Waals surface area contributed by atoms with Crippen LogP contribution >= 0.6 is 27.5 Å².